The van der Waals surface area contributed by atoms with Gasteiger partial charge in [-0.15, -0.1) is 0 Å². The molecule has 2 saturated heterocycles. The average Bonchev–Trinajstić information content (AvgIpc) is 4.00. The van der Waals surface area contributed by atoms with Crippen LogP contribution in [0.4, 0.5) is 5.69 Å². The maximum absolute atomic E-state index is 15.7. The lowest BCUT2D eigenvalue weighted by Gasteiger charge is -2.63. The number of aryl methyl sites for hydroxylation is 1. The van der Waals surface area contributed by atoms with Crippen LogP contribution in [0.1, 0.15) is 91.2 Å². The van der Waals surface area contributed by atoms with E-state index < -0.39 is 57.4 Å². The fraction of sp³-hybridized carbons (Fsp3) is 0.519. The van der Waals surface area contributed by atoms with Crippen LogP contribution in [0.5, 0.6) is 5.75 Å². The fourth-order valence-electron chi connectivity index (χ4n) is 14.7. The first-order valence-electron chi connectivity index (χ1n) is 24.3. The molecule has 1 saturated carbocycles. The van der Waals surface area contributed by atoms with Crippen molar-refractivity contribution in [3.8, 4) is 5.75 Å². The molecule has 3 N–H and O–H groups in total. The molecule has 1 aliphatic carbocycles. The highest BCUT2D eigenvalue weighted by Gasteiger charge is 2.80. The third-order valence-electron chi connectivity index (χ3n) is 17.3. The average molecular weight is 928 g/mol. The third kappa shape index (κ3) is 6.31. The molecule has 0 radical (unpaired) electrons. The third-order valence-corrected chi connectivity index (χ3v) is 17.3. The van der Waals surface area contributed by atoms with Gasteiger partial charge in [0.05, 0.1) is 32.9 Å². The minimum atomic E-state index is -2.33. The molecule has 1 aromatic heterocycles. The number of aromatic amines is 1. The summed E-state index contributed by atoms with van der Waals surface area (Å²) in [6.45, 7) is 10.8. The number of rotatable bonds is 9. The van der Waals surface area contributed by atoms with Gasteiger partial charge >= 0.3 is 17.9 Å². The summed E-state index contributed by atoms with van der Waals surface area (Å²) >= 11 is 0. The lowest BCUT2D eigenvalue weighted by atomic mass is 9.47. The first-order valence-corrected chi connectivity index (χ1v) is 24.3. The number of H-pyrrole nitrogens is 1. The summed E-state index contributed by atoms with van der Waals surface area (Å²) in [6, 6.07) is 18.6. The summed E-state index contributed by atoms with van der Waals surface area (Å²) in [6.07, 6.45) is 6.05. The van der Waals surface area contributed by atoms with Crippen molar-refractivity contribution in [2.45, 2.75) is 106 Å². The Kier molecular flexibility index (Phi) is 11.2. The Morgan fingerprint density at radius 2 is 1.66 bits per heavy atom. The summed E-state index contributed by atoms with van der Waals surface area (Å²) in [4.78, 5) is 68.1. The Morgan fingerprint density at radius 3 is 2.35 bits per heavy atom. The molecule has 1 amide bonds. The van der Waals surface area contributed by atoms with E-state index in [1.807, 2.05) is 74.3 Å². The number of carbonyl (C=O) groups is 4. The zero-order chi connectivity index (χ0) is 48.1. The molecule has 5 aliphatic heterocycles. The maximum Gasteiger partial charge on any atom is 0.344 e. The van der Waals surface area contributed by atoms with Crippen LogP contribution >= 0.6 is 0 Å². The molecule has 14 nitrogen and oxygen atoms in total. The normalized spacial score (nSPS) is 33.5. The number of aromatic nitrogens is 1. The van der Waals surface area contributed by atoms with E-state index in [1.165, 1.54) is 21.1 Å². The predicted octanol–water partition coefficient (Wildman–Crippen LogP) is 5.74. The number of aliphatic hydroxyl groups is 1. The highest BCUT2D eigenvalue weighted by molar-refractivity contribution is 5.96. The van der Waals surface area contributed by atoms with Crippen LogP contribution in [0.2, 0.25) is 0 Å². The lowest BCUT2D eigenvalue weighted by Crippen LogP contribution is -2.81. The van der Waals surface area contributed by atoms with Crippen LogP contribution in [-0.2, 0) is 45.8 Å². The van der Waals surface area contributed by atoms with Gasteiger partial charge in [0, 0.05) is 96.5 Å². The number of nitrogens with zero attached hydrogens (tertiary/aromatic N) is 3. The molecular weight excluding hydrogens is 863 g/mol. The molecule has 68 heavy (non-hydrogen) atoms. The van der Waals surface area contributed by atoms with Gasteiger partial charge in [-0.05, 0) is 93.3 Å². The molecule has 10 atom stereocenters. The lowest BCUT2D eigenvalue weighted by molar-refractivity contribution is -0.228. The number of benzene rings is 3. The molecule has 4 aromatic rings. The van der Waals surface area contributed by atoms with Gasteiger partial charge in [-0.3, -0.25) is 19.3 Å². The fourth-order valence-corrected chi connectivity index (χ4v) is 14.7. The number of hydrogen-bond donors (Lipinski definition) is 3. The van der Waals surface area contributed by atoms with Gasteiger partial charge in [0.2, 0.25) is 5.60 Å². The monoisotopic (exact) mass is 927 g/mol. The van der Waals surface area contributed by atoms with Crippen LogP contribution in [-0.4, -0.2) is 134 Å². The number of carbonyl (C=O) groups excluding carboxylic acids is 4. The van der Waals surface area contributed by atoms with E-state index >= 15 is 4.79 Å². The first kappa shape index (κ1) is 46.1. The summed E-state index contributed by atoms with van der Waals surface area (Å²) in [5.41, 5.74) is 0.181. The van der Waals surface area contributed by atoms with E-state index in [0.29, 0.717) is 88.1 Å². The van der Waals surface area contributed by atoms with Crippen molar-refractivity contribution in [1.82, 2.24) is 20.1 Å². The standard InChI is InChI=1S/C54H65N5O9/c1-9-50(56-44(61)35-18-16-32(3)17-19-35)28-34-29-53(48(62)66-7,43-37(20-24-58(30-34)31-50)36-14-11-12-15-40(36)55-43)39-26-38-41(27-42(39)65-6)57(5)46-52(38)22-25-59-23-13-21-51(10-2,45(52)59)47(68-33(4)60)54(46,64)49(63)67-8/h11-19,21,26-27,34,45-47,55,64H,9-10,20,22-25,28-31H2,1-8H3,(H,56,61)/t34-,45+,46-,47-,50+,51-,52-,53+,54+/m1/s1. The molecule has 2 bridgehead atoms. The second-order valence-corrected chi connectivity index (χ2v) is 20.6. The van der Waals surface area contributed by atoms with Gasteiger partial charge in [-0.25, -0.2) is 4.79 Å². The minimum absolute atomic E-state index is 0.119. The van der Waals surface area contributed by atoms with Crippen LogP contribution in [0, 0.1) is 18.3 Å². The number of hydrogen-bond acceptors (Lipinski definition) is 12. The molecule has 3 aromatic carbocycles. The largest absolute Gasteiger partial charge is 0.496 e. The zero-order valence-corrected chi connectivity index (χ0v) is 40.6. The summed E-state index contributed by atoms with van der Waals surface area (Å²) in [7, 11) is 6.17. The summed E-state index contributed by atoms with van der Waals surface area (Å²) < 4.78 is 24.3. The number of likely N-dealkylation sites (N-methyl/N-ethyl adjacent to an activating group) is 1. The zero-order valence-electron chi connectivity index (χ0n) is 40.6. The van der Waals surface area contributed by atoms with Crippen LogP contribution in [0.3, 0.4) is 0 Å². The molecular formula is C54H65N5O9. The Morgan fingerprint density at radius 1 is 0.912 bits per heavy atom. The Balaban J connectivity index is 1.22. The molecule has 1 unspecified atom stereocenters. The van der Waals surface area contributed by atoms with Crippen molar-refractivity contribution < 1.29 is 43.2 Å². The van der Waals surface area contributed by atoms with E-state index in [2.05, 4.69) is 51.3 Å². The summed E-state index contributed by atoms with van der Waals surface area (Å²) in [5.74, 6) is -1.75. The van der Waals surface area contributed by atoms with E-state index in [-0.39, 0.29) is 17.9 Å². The molecule has 6 aliphatic rings. The van der Waals surface area contributed by atoms with Crippen molar-refractivity contribution in [3.63, 3.8) is 0 Å². The molecule has 10 rings (SSSR count). The second kappa shape index (κ2) is 16.5. The SMILES string of the molecule is CC[C@]1(NC(=O)c2ccc(C)cc2)C[C@H]2CN(CCc3c([nH]c4ccccc34)[C@@](C(=O)OC)(c3cc4c(cc3OC)N(C)[C@H]3[C@@](O)(C(=O)OC)[C@H](OC(C)=O)[C@]5(CC)C=CCN6CC[C@]43[C@@H]65)C2)C1. The second-order valence-electron chi connectivity index (χ2n) is 20.6. The highest BCUT2D eigenvalue weighted by Crippen LogP contribution is 2.68. The van der Waals surface area contributed by atoms with Crippen molar-refractivity contribution in [1.29, 1.82) is 0 Å². The minimum Gasteiger partial charge on any atom is -0.496 e. The van der Waals surface area contributed by atoms with E-state index in [4.69, 9.17) is 18.9 Å². The van der Waals surface area contributed by atoms with E-state index in [1.54, 1.807) is 7.11 Å². The van der Waals surface area contributed by atoms with E-state index in [9.17, 15) is 19.5 Å². The number of methoxy groups -OCH3 is 3. The number of para-hydroxylation sites is 1. The predicted molar refractivity (Wildman–Crippen MR) is 257 cm³/mol. The molecule has 14 heteroatoms. The van der Waals surface area contributed by atoms with Crippen LogP contribution in [0.15, 0.2) is 72.8 Å². The number of esters is 3. The van der Waals surface area contributed by atoms with E-state index in [0.717, 1.165) is 39.0 Å². The number of piperidine rings is 1. The van der Waals surface area contributed by atoms with Gasteiger partial charge in [-0.1, -0.05) is 61.9 Å². The quantitative estimate of drug-likeness (QED) is 0.106. The smallest absolute Gasteiger partial charge is 0.344 e. The molecule has 3 fully saturated rings. The van der Waals surface area contributed by atoms with Gasteiger partial charge in [0.25, 0.3) is 5.91 Å². The Hall–Kier alpha value is -5.70. The van der Waals surface area contributed by atoms with Crippen molar-refractivity contribution in [3.05, 3.63) is 106 Å². The van der Waals surface area contributed by atoms with Gasteiger partial charge in [-0.2, -0.15) is 0 Å². The van der Waals surface area contributed by atoms with Crippen LogP contribution < -0.4 is 15.0 Å². The number of amides is 1. The van der Waals surface area contributed by atoms with Crippen molar-refractivity contribution in [2.24, 2.45) is 11.3 Å². The van der Waals surface area contributed by atoms with Crippen molar-refractivity contribution in [2.75, 3.05) is 66.0 Å². The van der Waals surface area contributed by atoms with Crippen LogP contribution in [0.25, 0.3) is 10.9 Å². The van der Waals surface area contributed by atoms with Gasteiger partial charge < -0.3 is 44.2 Å². The topological polar surface area (TPSA) is 163 Å². The van der Waals surface area contributed by atoms with Gasteiger partial charge in [0.15, 0.2) is 6.10 Å². The number of ether oxygens (including phenoxy) is 4. The Labute approximate surface area is 398 Å². The number of nitrogens with one attached hydrogen (secondary N) is 2. The Bertz CT molecular complexity index is 2740. The number of fused-ring (bicyclic) bond motifs is 6. The molecule has 6 heterocycles. The number of anilines is 1. The first-order chi connectivity index (χ1) is 32.6. The molecule has 1 spiro atoms. The summed E-state index contributed by atoms with van der Waals surface area (Å²) in [5, 5.41) is 18.0. The maximum atomic E-state index is 15.7. The highest BCUT2D eigenvalue weighted by atomic mass is 16.6. The van der Waals surface area contributed by atoms with Gasteiger partial charge in [0.1, 0.15) is 11.2 Å². The van der Waals surface area contributed by atoms with Crippen molar-refractivity contribution >= 4 is 40.4 Å². The molecule has 360 valence electrons.